The normalized spacial score (nSPS) is 11.3. The fourth-order valence-electron chi connectivity index (χ4n) is 2.83. The molecule has 0 aliphatic carbocycles. The van der Waals surface area contributed by atoms with Crippen LogP contribution in [0.4, 0.5) is 5.69 Å². The van der Waals surface area contributed by atoms with E-state index in [1.165, 1.54) is 28.7 Å². The van der Waals surface area contributed by atoms with Crippen molar-refractivity contribution in [3.05, 3.63) is 51.6 Å². The van der Waals surface area contributed by atoms with Gasteiger partial charge < -0.3 is 5.32 Å². The van der Waals surface area contributed by atoms with Crippen LogP contribution in [0.3, 0.4) is 0 Å². The largest absolute Gasteiger partial charge is 0.325 e. The number of benzene rings is 1. The molecule has 28 heavy (non-hydrogen) atoms. The van der Waals surface area contributed by atoms with Crippen molar-refractivity contribution in [1.82, 2.24) is 9.55 Å². The van der Waals surface area contributed by atoms with Crippen LogP contribution in [0, 0.1) is 0 Å². The molecule has 2 aromatic heterocycles. The first-order valence-electron chi connectivity index (χ1n) is 9.50. The van der Waals surface area contributed by atoms with E-state index in [1.54, 1.807) is 4.57 Å². The number of nitrogens with zero attached hydrogens (tertiary/aromatic N) is 2. The number of carbonyl (C=O) groups is 1. The summed E-state index contributed by atoms with van der Waals surface area (Å²) in [5.74, 6) is 0.558. The lowest BCUT2D eigenvalue weighted by Crippen LogP contribution is -2.23. The monoisotopic (exact) mass is 415 g/mol. The molecular weight excluding hydrogens is 390 g/mol. The predicted molar refractivity (Wildman–Crippen MR) is 119 cm³/mol. The van der Waals surface area contributed by atoms with Gasteiger partial charge in [-0.1, -0.05) is 51.1 Å². The van der Waals surface area contributed by atoms with E-state index >= 15 is 0 Å². The SMILES string of the molecule is CCCCn1c(SCC(=O)Nc2ccc(C(C)C)cc2)nc2ccsc2c1=O. The molecule has 3 aromatic rings. The number of fused-ring (bicyclic) bond motifs is 1. The van der Waals surface area contributed by atoms with Gasteiger partial charge in [0.15, 0.2) is 5.16 Å². The van der Waals surface area contributed by atoms with Crippen LogP contribution in [0.1, 0.15) is 45.1 Å². The molecule has 1 aromatic carbocycles. The zero-order chi connectivity index (χ0) is 20.1. The Labute approximate surface area is 173 Å². The number of thioether (sulfide) groups is 1. The van der Waals surface area contributed by atoms with Gasteiger partial charge in [0.05, 0.1) is 11.3 Å². The first-order chi connectivity index (χ1) is 13.5. The minimum absolute atomic E-state index is 0.0133. The van der Waals surface area contributed by atoms with E-state index in [-0.39, 0.29) is 17.2 Å². The van der Waals surface area contributed by atoms with Crippen molar-refractivity contribution >= 4 is 44.9 Å². The van der Waals surface area contributed by atoms with Gasteiger partial charge >= 0.3 is 0 Å². The predicted octanol–water partition coefficient (Wildman–Crippen LogP) is 5.11. The highest BCUT2D eigenvalue weighted by Gasteiger charge is 2.14. The second-order valence-corrected chi connectivity index (χ2v) is 8.81. The Balaban J connectivity index is 1.71. The van der Waals surface area contributed by atoms with E-state index in [0.29, 0.717) is 27.8 Å². The van der Waals surface area contributed by atoms with Gasteiger partial charge in [0, 0.05) is 12.2 Å². The number of amides is 1. The molecule has 0 unspecified atom stereocenters. The third-order valence-corrected chi connectivity index (χ3v) is 6.33. The highest BCUT2D eigenvalue weighted by atomic mass is 32.2. The van der Waals surface area contributed by atoms with Gasteiger partial charge in [-0.2, -0.15) is 0 Å². The molecule has 5 nitrogen and oxygen atoms in total. The van der Waals surface area contributed by atoms with E-state index in [4.69, 9.17) is 0 Å². The Morgan fingerprint density at radius 1 is 1.25 bits per heavy atom. The molecule has 7 heteroatoms. The first-order valence-corrected chi connectivity index (χ1v) is 11.4. The second kappa shape index (κ2) is 9.39. The van der Waals surface area contributed by atoms with Crippen LogP contribution < -0.4 is 10.9 Å². The van der Waals surface area contributed by atoms with Crippen molar-refractivity contribution in [3.63, 3.8) is 0 Å². The molecule has 1 N–H and O–H groups in total. The van der Waals surface area contributed by atoms with Gasteiger partial charge in [-0.05, 0) is 41.5 Å². The van der Waals surface area contributed by atoms with Gasteiger partial charge in [0.2, 0.25) is 5.91 Å². The molecule has 3 rings (SSSR count). The third-order valence-electron chi connectivity index (χ3n) is 4.46. The molecule has 0 aliphatic heterocycles. The summed E-state index contributed by atoms with van der Waals surface area (Å²) in [6.07, 6.45) is 1.90. The molecule has 0 radical (unpaired) electrons. The average molecular weight is 416 g/mol. The van der Waals surface area contributed by atoms with Crippen molar-refractivity contribution < 1.29 is 4.79 Å². The Bertz CT molecular complexity index is 1010. The van der Waals surface area contributed by atoms with Crippen LogP contribution in [-0.4, -0.2) is 21.2 Å². The van der Waals surface area contributed by atoms with Crippen LogP contribution in [0.2, 0.25) is 0 Å². The van der Waals surface area contributed by atoms with Gasteiger partial charge in [-0.25, -0.2) is 4.98 Å². The number of thiophene rings is 1. The maximum atomic E-state index is 12.8. The van der Waals surface area contributed by atoms with Gasteiger partial charge in [0.25, 0.3) is 5.56 Å². The molecule has 0 bridgehead atoms. The Kier molecular flexibility index (Phi) is 6.91. The Morgan fingerprint density at radius 3 is 2.68 bits per heavy atom. The smallest absolute Gasteiger partial charge is 0.272 e. The fraction of sp³-hybridized carbons (Fsp3) is 0.381. The lowest BCUT2D eigenvalue weighted by Gasteiger charge is -2.12. The number of hydrogen-bond acceptors (Lipinski definition) is 5. The minimum atomic E-state index is -0.107. The summed E-state index contributed by atoms with van der Waals surface area (Å²) in [5.41, 5.74) is 2.70. The molecule has 0 fully saturated rings. The average Bonchev–Trinajstić information content (AvgIpc) is 3.15. The summed E-state index contributed by atoms with van der Waals surface area (Å²) in [6.45, 7) is 6.99. The number of anilines is 1. The van der Waals surface area contributed by atoms with Gasteiger partial charge in [0.1, 0.15) is 4.70 Å². The van der Waals surface area contributed by atoms with Crippen LogP contribution in [-0.2, 0) is 11.3 Å². The summed E-state index contributed by atoms with van der Waals surface area (Å²) < 4.78 is 2.38. The number of aromatic nitrogens is 2. The van der Waals surface area contributed by atoms with Crippen LogP contribution in [0.15, 0.2) is 45.7 Å². The van der Waals surface area contributed by atoms with Crippen molar-refractivity contribution in [2.45, 2.75) is 51.2 Å². The maximum Gasteiger partial charge on any atom is 0.272 e. The number of hydrogen-bond donors (Lipinski definition) is 1. The van der Waals surface area contributed by atoms with Gasteiger partial charge in [-0.3, -0.25) is 14.2 Å². The Hall–Kier alpha value is -2.12. The number of unbranched alkanes of at least 4 members (excludes halogenated alkanes) is 1. The van der Waals surface area contributed by atoms with Crippen molar-refractivity contribution in [2.75, 3.05) is 11.1 Å². The van der Waals surface area contributed by atoms with Crippen LogP contribution >= 0.6 is 23.1 Å². The van der Waals surface area contributed by atoms with Crippen LogP contribution in [0.25, 0.3) is 10.2 Å². The summed E-state index contributed by atoms with van der Waals surface area (Å²) in [6, 6.07) is 9.76. The van der Waals surface area contributed by atoms with E-state index in [9.17, 15) is 9.59 Å². The van der Waals surface area contributed by atoms with Gasteiger partial charge in [-0.15, -0.1) is 11.3 Å². The maximum absolute atomic E-state index is 12.8. The highest BCUT2D eigenvalue weighted by molar-refractivity contribution is 7.99. The highest BCUT2D eigenvalue weighted by Crippen LogP contribution is 2.22. The summed E-state index contributed by atoms with van der Waals surface area (Å²) in [4.78, 5) is 29.8. The van der Waals surface area contributed by atoms with Crippen molar-refractivity contribution in [2.24, 2.45) is 0 Å². The van der Waals surface area contributed by atoms with Crippen molar-refractivity contribution in [1.29, 1.82) is 0 Å². The molecule has 2 heterocycles. The lowest BCUT2D eigenvalue weighted by atomic mass is 10.0. The van der Waals surface area contributed by atoms with Crippen LogP contribution in [0.5, 0.6) is 0 Å². The molecule has 0 aliphatic rings. The standard InChI is InChI=1S/C21H25N3O2S2/c1-4-5-11-24-20(26)19-17(10-12-27-19)23-21(24)28-13-18(25)22-16-8-6-15(7-9-16)14(2)3/h6-10,12,14H,4-5,11,13H2,1-3H3,(H,22,25). The number of nitrogens with one attached hydrogen (secondary N) is 1. The molecule has 0 atom stereocenters. The summed E-state index contributed by atoms with van der Waals surface area (Å²) in [7, 11) is 0. The van der Waals surface area contributed by atoms with Crippen molar-refractivity contribution in [3.8, 4) is 0 Å². The minimum Gasteiger partial charge on any atom is -0.325 e. The molecule has 0 spiro atoms. The zero-order valence-corrected chi connectivity index (χ0v) is 18.0. The Morgan fingerprint density at radius 2 is 2.00 bits per heavy atom. The molecular formula is C21H25N3O2S2. The molecule has 1 amide bonds. The van der Waals surface area contributed by atoms with E-state index < -0.39 is 0 Å². The summed E-state index contributed by atoms with van der Waals surface area (Å²) >= 11 is 2.72. The van der Waals surface area contributed by atoms with E-state index in [1.807, 2.05) is 35.7 Å². The second-order valence-electron chi connectivity index (χ2n) is 6.95. The summed E-state index contributed by atoms with van der Waals surface area (Å²) in [5, 5.41) is 5.40. The number of carbonyl (C=O) groups excluding carboxylic acids is 1. The number of rotatable bonds is 8. The molecule has 148 valence electrons. The molecule has 0 saturated heterocycles. The third kappa shape index (κ3) is 4.83. The van der Waals surface area contributed by atoms with E-state index in [0.717, 1.165) is 18.5 Å². The quantitative estimate of drug-likeness (QED) is 0.410. The topological polar surface area (TPSA) is 64.0 Å². The first kappa shape index (κ1) is 20.6. The zero-order valence-electron chi connectivity index (χ0n) is 16.4. The van der Waals surface area contributed by atoms with E-state index in [2.05, 4.69) is 31.1 Å². The molecule has 0 saturated carbocycles. The fourth-order valence-corrected chi connectivity index (χ4v) is 4.43. The lowest BCUT2D eigenvalue weighted by molar-refractivity contribution is -0.113.